The normalized spacial score (nSPS) is 11.1. The van der Waals surface area contributed by atoms with Crippen LogP contribution in [-0.2, 0) is 0 Å². The third-order valence-electron chi connectivity index (χ3n) is 3.74. The molecule has 0 amide bonds. The predicted molar refractivity (Wildman–Crippen MR) is 96.4 cm³/mol. The molecule has 1 heterocycles. The van der Waals surface area contributed by atoms with Crippen molar-refractivity contribution in [2.45, 2.75) is 0 Å². The van der Waals surface area contributed by atoms with Crippen LogP contribution in [-0.4, -0.2) is 32.1 Å². The highest BCUT2D eigenvalue weighted by Gasteiger charge is 2.12. The lowest BCUT2D eigenvalue weighted by molar-refractivity contribution is 0.262. The van der Waals surface area contributed by atoms with Gasteiger partial charge in [0.05, 0.1) is 10.9 Å². The summed E-state index contributed by atoms with van der Waals surface area (Å²) in [4.78, 5) is 14.5. The Morgan fingerprint density at radius 3 is 2.71 bits per heavy atom. The number of nitrogens with two attached hydrogens (primary N) is 1. The average molecular weight is 324 g/mol. The van der Waals surface area contributed by atoms with Crippen molar-refractivity contribution in [3.05, 3.63) is 58.8 Å². The molecule has 5 nitrogen and oxygen atoms in total. The SMILES string of the molecule is CN(C)CCOc1ccccc1-c1cc(=O)c2c(N)cccc2o1. The van der Waals surface area contributed by atoms with Crippen molar-refractivity contribution in [1.82, 2.24) is 4.90 Å². The zero-order valence-corrected chi connectivity index (χ0v) is 13.8. The molecule has 124 valence electrons. The van der Waals surface area contributed by atoms with E-state index in [1.165, 1.54) is 6.07 Å². The third kappa shape index (κ3) is 3.26. The van der Waals surface area contributed by atoms with Crippen LogP contribution in [0.3, 0.4) is 0 Å². The summed E-state index contributed by atoms with van der Waals surface area (Å²) >= 11 is 0. The number of nitrogens with zero attached hydrogens (tertiary/aromatic N) is 1. The van der Waals surface area contributed by atoms with Gasteiger partial charge in [-0.2, -0.15) is 0 Å². The number of hydrogen-bond acceptors (Lipinski definition) is 5. The molecule has 0 saturated carbocycles. The van der Waals surface area contributed by atoms with E-state index < -0.39 is 0 Å². The van der Waals surface area contributed by atoms with E-state index >= 15 is 0 Å². The highest BCUT2D eigenvalue weighted by Crippen LogP contribution is 2.31. The number of anilines is 1. The second-order valence-electron chi connectivity index (χ2n) is 5.84. The maximum atomic E-state index is 12.4. The van der Waals surface area contributed by atoms with Crippen LogP contribution in [0.2, 0.25) is 0 Å². The van der Waals surface area contributed by atoms with E-state index in [-0.39, 0.29) is 5.43 Å². The van der Waals surface area contributed by atoms with Gasteiger partial charge in [-0.3, -0.25) is 4.79 Å². The van der Waals surface area contributed by atoms with Crippen molar-refractivity contribution < 1.29 is 9.15 Å². The van der Waals surface area contributed by atoms with Crippen LogP contribution in [0.4, 0.5) is 5.69 Å². The molecule has 5 heteroatoms. The fourth-order valence-corrected chi connectivity index (χ4v) is 2.50. The third-order valence-corrected chi connectivity index (χ3v) is 3.74. The van der Waals surface area contributed by atoms with E-state index in [1.54, 1.807) is 18.2 Å². The van der Waals surface area contributed by atoms with Crippen molar-refractivity contribution in [3.63, 3.8) is 0 Å². The van der Waals surface area contributed by atoms with Gasteiger partial charge in [0.1, 0.15) is 23.7 Å². The number of hydrogen-bond donors (Lipinski definition) is 1. The molecule has 0 bridgehead atoms. The van der Waals surface area contributed by atoms with Gasteiger partial charge in [-0.05, 0) is 38.4 Å². The molecule has 2 aromatic carbocycles. The summed E-state index contributed by atoms with van der Waals surface area (Å²) in [6.07, 6.45) is 0. The van der Waals surface area contributed by atoms with E-state index in [4.69, 9.17) is 14.9 Å². The zero-order chi connectivity index (χ0) is 17.1. The largest absolute Gasteiger partial charge is 0.491 e. The maximum Gasteiger partial charge on any atom is 0.195 e. The molecule has 0 unspecified atom stereocenters. The molecule has 3 rings (SSSR count). The van der Waals surface area contributed by atoms with Crippen LogP contribution in [0.1, 0.15) is 0 Å². The van der Waals surface area contributed by atoms with Crippen molar-refractivity contribution in [2.75, 3.05) is 33.0 Å². The second-order valence-corrected chi connectivity index (χ2v) is 5.84. The number of fused-ring (bicyclic) bond motifs is 1. The summed E-state index contributed by atoms with van der Waals surface area (Å²) in [5, 5.41) is 0.409. The molecule has 0 aliphatic carbocycles. The lowest BCUT2D eigenvalue weighted by Crippen LogP contribution is -2.19. The molecule has 2 N–H and O–H groups in total. The summed E-state index contributed by atoms with van der Waals surface area (Å²) in [5.41, 5.74) is 7.36. The van der Waals surface area contributed by atoms with Crippen LogP contribution >= 0.6 is 0 Å². The molecule has 0 atom stereocenters. The van der Waals surface area contributed by atoms with Gasteiger partial charge in [-0.1, -0.05) is 18.2 Å². The van der Waals surface area contributed by atoms with Crippen molar-refractivity contribution in [3.8, 4) is 17.1 Å². The Hall–Kier alpha value is -2.79. The molecule has 3 aromatic rings. The van der Waals surface area contributed by atoms with Gasteiger partial charge >= 0.3 is 0 Å². The Bertz CT molecular complexity index is 916. The van der Waals surface area contributed by atoms with E-state index in [0.29, 0.717) is 34.8 Å². The first-order valence-corrected chi connectivity index (χ1v) is 7.75. The molecule has 0 fully saturated rings. The zero-order valence-electron chi connectivity index (χ0n) is 13.8. The van der Waals surface area contributed by atoms with Crippen LogP contribution in [0.15, 0.2) is 57.7 Å². The standard InChI is InChI=1S/C19H20N2O3/c1-21(2)10-11-23-16-8-4-3-6-13(16)18-12-15(22)19-14(20)7-5-9-17(19)24-18/h3-9,12H,10-11,20H2,1-2H3. The Labute approximate surface area is 140 Å². The fourth-order valence-electron chi connectivity index (χ4n) is 2.50. The minimum Gasteiger partial charge on any atom is -0.491 e. The molecule has 24 heavy (non-hydrogen) atoms. The number of benzene rings is 2. The van der Waals surface area contributed by atoms with Gasteiger partial charge in [0.2, 0.25) is 0 Å². The van der Waals surface area contributed by atoms with Gasteiger partial charge in [0.25, 0.3) is 0 Å². The molecule has 0 spiro atoms. The second kappa shape index (κ2) is 6.76. The Balaban J connectivity index is 2.03. The first-order chi connectivity index (χ1) is 11.6. The highest BCUT2D eigenvalue weighted by atomic mass is 16.5. The minimum absolute atomic E-state index is 0.160. The predicted octanol–water partition coefficient (Wildman–Crippen LogP) is 2.98. The van der Waals surface area contributed by atoms with Gasteiger partial charge < -0.3 is 19.8 Å². The van der Waals surface area contributed by atoms with Crippen LogP contribution < -0.4 is 15.9 Å². The van der Waals surface area contributed by atoms with Crippen molar-refractivity contribution >= 4 is 16.7 Å². The molecular weight excluding hydrogens is 304 g/mol. The van der Waals surface area contributed by atoms with Crippen LogP contribution in [0.5, 0.6) is 5.75 Å². The fraction of sp³-hybridized carbons (Fsp3) is 0.211. The van der Waals surface area contributed by atoms with Gasteiger partial charge in [0, 0.05) is 18.3 Å². The molecule has 0 saturated heterocycles. The molecule has 0 aliphatic rings. The first-order valence-electron chi connectivity index (χ1n) is 7.75. The van der Waals surface area contributed by atoms with E-state index in [9.17, 15) is 4.79 Å². The summed E-state index contributed by atoms with van der Waals surface area (Å²) < 4.78 is 11.8. The van der Waals surface area contributed by atoms with Crippen LogP contribution in [0, 0.1) is 0 Å². The summed E-state index contributed by atoms with van der Waals surface area (Å²) in [7, 11) is 3.98. The van der Waals surface area contributed by atoms with Gasteiger partial charge in [-0.25, -0.2) is 0 Å². The number of likely N-dealkylation sites (N-methyl/N-ethyl adjacent to an activating group) is 1. The Kier molecular flexibility index (Phi) is 4.53. The average Bonchev–Trinajstić information content (AvgIpc) is 2.54. The summed E-state index contributed by atoms with van der Waals surface area (Å²) in [6, 6.07) is 14.2. The first kappa shape index (κ1) is 16.1. The lowest BCUT2D eigenvalue weighted by atomic mass is 10.1. The number of para-hydroxylation sites is 1. The van der Waals surface area contributed by atoms with Gasteiger partial charge in [-0.15, -0.1) is 0 Å². The molecule has 1 aromatic heterocycles. The minimum atomic E-state index is -0.160. The number of ether oxygens (including phenoxy) is 1. The van der Waals surface area contributed by atoms with Crippen LogP contribution in [0.25, 0.3) is 22.3 Å². The lowest BCUT2D eigenvalue weighted by Gasteiger charge is -2.14. The van der Waals surface area contributed by atoms with Crippen molar-refractivity contribution in [1.29, 1.82) is 0 Å². The number of rotatable bonds is 5. The topological polar surface area (TPSA) is 68.7 Å². The Morgan fingerprint density at radius 1 is 1.12 bits per heavy atom. The quantitative estimate of drug-likeness (QED) is 0.731. The van der Waals surface area contributed by atoms with Crippen molar-refractivity contribution in [2.24, 2.45) is 0 Å². The molecular formula is C19H20N2O3. The van der Waals surface area contributed by atoms with E-state index in [2.05, 4.69) is 0 Å². The van der Waals surface area contributed by atoms with Gasteiger partial charge in [0.15, 0.2) is 5.43 Å². The molecule has 0 aliphatic heterocycles. The molecule has 0 radical (unpaired) electrons. The summed E-state index contributed by atoms with van der Waals surface area (Å²) in [5.74, 6) is 1.16. The monoisotopic (exact) mass is 324 g/mol. The van der Waals surface area contributed by atoms with E-state index in [1.807, 2.05) is 43.3 Å². The smallest absolute Gasteiger partial charge is 0.195 e. The number of nitrogen functional groups attached to an aromatic ring is 1. The Morgan fingerprint density at radius 2 is 1.92 bits per heavy atom. The summed E-state index contributed by atoms with van der Waals surface area (Å²) in [6.45, 7) is 1.35. The van der Waals surface area contributed by atoms with E-state index in [0.717, 1.165) is 12.1 Å². The maximum absolute atomic E-state index is 12.4. The highest BCUT2D eigenvalue weighted by molar-refractivity contribution is 5.89.